The van der Waals surface area contributed by atoms with Gasteiger partial charge in [-0.15, -0.1) is 0 Å². The third kappa shape index (κ3) is 7.94. The van der Waals surface area contributed by atoms with Crippen molar-refractivity contribution in [1.82, 2.24) is 5.32 Å². The monoisotopic (exact) mass is 235 g/mol. The van der Waals surface area contributed by atoms with E-state index in [1.165, 1.54) is 18.4 Å². The fourth-order valence-corrected chi connectivity index (χ4v) is 1.70. The standard InChI is InChI=1S/C15H25NO/c1-2-3-11-16-12-14-17-13-7-10-15-8-5-4-6-9-15/h4-6,8-9,16H,2-3,7,10-14H2,1H3. The first-order valence-corrected chi connectivity index (χ1v) is 6.76. The number of aryl methyl sites for hydroxylation is 1. The quantitative estimate of drug-likeness (QED) is 0.629. The maximum absolute atomic E-state index is 5.57. The van der Waals surface area contributed by atoms with E-state index in [1.54, 1.807) is 0 Å². The Labute approximate surface area is 105 Å². The molecular formula is C15H25NO. The lowest BCUT2D eigenvalue weighted by Gasteiger charge is -2.05. The SMILES string of the molecule is CCCCNCCOCCCc1ccccc1. The molecule has 1 N–H and O–H groups in total. The number of hydrogen-bond donors (Lipinski definition) is 1. The van der Waals surface area contributed by atoms with E-state index in [9.17, 15) is 0 Å². The van der Waals surface area contributed by atoms with Gasteiger partial charge in [-0.25, -0.2) is 0 Å². The predicted molar refractivity (Wildman–Crippen MR) is 73.4 cm³/mol. The normalized spacial score (nSPS) is 10.6. The summed E-state index contributed by atoms with van der Waals surface area (Å²) in [6.07, 6.45) is 4.74. The highest BCUT2D eigenvalue weighted by molar-refractivity contribution is 5.14. The molecule has 0 heterocycles. The molecule has 1 aromatic carbocycles. The Bertz CT molecular complexity index is 261. The molecule has 0 atom stereocenters. The van der Waals surface area contributed by atoms with Crippen LogP contribution < -0.4 is 5.32 Å². The summed E-state index contributed by atoms with van der Waals surface area (Å²) in [7, 11) is 0. The summed E-state index contributed by atoms with van der Waals surface area (Å²) in [4.78, 5) is 0. The maximum Gasteiger partial charge on any atom is 0.0590 e. The molecule has 0 unspecified atom stereocenters. The molecule has 2 nitrogen and oxygen atoms in total. The van der Waals surface area contributed by atoms with Crippen molar-refractivity contribution in [2.24, 2.45) is 0 Å². The second kappa shape index (κ2) is 10.3. The average molecular weight is 235 g/mol. The summed E-state index contributed by atoms with van der Waals surface area (Å²) >= 11 is 0. The minimum atomic E-state index is 0.832. The second-order valence-corrected chi connectivity index (χ2v) is 4.31. The first-order chi connectivity index (χ1) is 8.43. The molecule has 0 aliphatic carbocycles. The molecule has 0 bridgehead atoms. The Morgan fingerprint density at radius 1 is 1.00 bits per heavy atom. The number of unbranched alkanes of at least 4 members (excludes halogenated alkanes) is 1. The van der Waals surface area contributed by atoms with Crippen LogP contribution in [0.25, 0.3) is 0 Å². The van der Waals surface area contributed by atoms with Gasteiger partial charge < -0.3 is 10.1 Å². The number of nitrogens with one attached hydrogen (secondary N) is 1. The van der Waals surface area contributed by atoms with E-state index in [2.05, 4.69) is 42.6 Å². The van der Waals surface area contributed by atoms with E-state index in [0.717, 1.165) is 39.1 Å². The molecule has 0 amide bonds. The number of hydrogen-bond acceptors (Lipinski definition) is 2. The second-order valence-electron chi connectivity index (χ2n) is 4.31. The summed E-state index contributed by atoms with van der Waals surface area (Å²) in [5, 5.41) is 3.37. The van der Waals surface area contributed by atoms with Gasteiger partial charge in [-0.1, -0.05) is 43.7 Å². The van der Waals surface area contributed by atoms with Crippen LogP contribution >= 0.6 is 0 Å². The fraction of sp³-hybridized carbons (Fsp3) is 0.600. The van der Waals surface area contributed by atoms with Gasteiger partial charge in [-0.05, 0) is 31.4 Å². The van der Waals surface area contributed by atoms with E-state index in [4.69, 9.17) is 4.74 Å². The van der Waals surface area contributed by atoms with Crippen LogP contribution in [0.1, 0.15) is 31.7 Å². The van der Waals surface area contributed by atoms with Gasteiger partial charge >= 0.3 is 0 Å². The van der Waals surface area contributed by atoms with E-state index >= 15 is 0 Å². The van der Waals surface area contributed by atoms with Crippen molar-refractivity contribution in [3.63, 3.8) is 0 Å². The van der Waals surface area contributed by atoms with Gasteiger partial charge in [0, 0.05) is 13.2 Å². The van der Waals surface area contributed by atoms with Crippen LogP contribution in [0.2, 0.25) is 0 Å². The first kappa shape index (κ1) is 14.2. The Morgan fingerprint density at radius 2 is 1.82 bits per heavy atom. The van der Waals surface area contributed by atoms with Crippen LogP contribution in [0.3, 0.4) is 0 Å². The zero-order chi connectivity index (χ0) is 12.2. The average Bonchev–Trinajstić information content (AvgIpc) is 2.38. The van der Waals surface area contributed by atoms with Crippen LogP contribution in [-0.2, 0) is 11.2 Å². The third-order valence-electron chi connectivity index (χ3n) is 2.73. The van der Waals surface area contributed by atoms with Crippen molar-refractivity contribution >= 4 is 0 Å². The van der Waals surface area contributed by atoms with Crippen molar-refractivity contribution in [2.45, 2.75) is 32.6 Å². The highest BCUT2D eigenvalue weighted by atomic mass is 16.5. The molecular weight excluding hydrogens is 210 g/mol. The molecule has 2 heteroatoms. The zero-order valence-corrected chi connectivity index (χ0v) is 11.0. The van der Waals surface area contributed by atoms with Gasteiger partial charge in [0.25, 0.3) is 0 Å². The molecule has 1 aromatic rings. The van der Waals surface area contributed by atoms with Crippen LogP contribution in [0.5, 0.6) is 0 Å². The minimum absolute atomic E-state index is 0.832. The Morgan fingerprint density at radius 3 is 2.59 bits per heavy atom. The summed E-state index contributed by atoms with van der Waals surface area (Å²) in [6.45, 7) is 6.00. The van der Waals surface area contributed by atoms with Gasteiger partial charge in [0.05, 0.1) is 6.61 Å². The smallest absolute Gasteiger partial charge is 0.0590 e. The molecule has 0 fully saturated rings. The molecule has 0 saturated carbocycles. The van der Waals surface area contributed by atoms with E-state index < -0.39 is 0 Å². The summed E-state index contributed by atoms with van der Waals surface area (Å²) in [5.74, 6) is 0. The number of benzene rings is 1. The molecule has 0 aliphatic heterocycles. The largest absolute Gasteiger partial charge is 0.380 e. The van der Waals surface area contributed by atoms with Crippen molar-refractivity contribution in [3.8, 4) is 0 Å². The Hall–Kier alpha value is -0.860. The number of rotatable bonds is 10. The van der Waals surface area contributed by atoms with Gasteiger partial charge in [0.2, 0.25) is 0 Å². The Kier molecular flexibility index (Phi) is 8.61. The van der Waals surface area contributed by atoms with Crippen LogP contribution in [0, 0.1) is 0 Å². The van der Waals surface area contributed by atoms with Crippen molar-refractivity contribution < 1.29 is 4.74 Å². The topological polar surface area (TPSA) is 21.3 Å². The molecule has 0 aromatic heterocycles. The maximum atomic E-state index is 5.57. The first-order valence-electron chi connectivity index (χ1n) is 6.76. The van der Waals surface area contributed by atoms with Gasteiger partial charge in [0.1, 0.15) is 0 Å². The number of ether oxygens (including phenoxy) is 1. The van der Waals surface area contributed by atoms with Gasteiger partial charge in [0.15, 0.2) is 0 Å². The van der Waals surface area contributed by atoms with E-state index in [0.29, 0.717) is 0 Å². The molecule has 0 radical (unpaired) electrons. The highest BCUT2D eigenvalue weighted by Gasteiger charge is 1.92. The van der Waals surface area contributed by atoms with Crippen molar-refractivity contribution in [3.05, 3.63) is 35.9 Å². The molecule has 1 rings (SSSR count). The van der Waals surface area contributed by atoms with E-state index in [1.807, 2.05) is 0 Å². The zero-order valence-electron chi connectivity index (χ0n) is 11.0. The van der Waals surface area contributed by atoms with Crippen LogP contribution in [-0.4, -0.2) is 26.3 Å². The lowest BCUT2D eigenvalue weighted by atomic mass is 10.1. The highest BCUT2D eigenvalue weighted by Crippen LogP contribution is 2.01. The van der Waals surface area contributed by atoms with Crippen LogP contribution in [0.4, 0.5) is 0 Å². The minimum Gasteiger partial charge on any atom is -0.380 e. The van der Waals surface area contributed by atoms with Crippen molar-refractivity contribution in [2.75, 3.05) is 26.3 Å². The third-order valence-corrected chi connectivity index (χ3v) is 2.73. The summed E-state index contributed by atoms with van der Waals surface area (Å²) in [6, 6.07) is 10.6. The molecule has 0 saturated heterocycles. The summed E-state index contributed by atoms with van der Waals surface area (Å²) < 4.78 is 5.57. The predicted octanol–water partition coefficient (Wildman–Crippen LogP) is 3.03. The summed E-state index contributed by atoms with van der Waals surface area (Å²) in [5.41, 5.74) is 1.40. The lowest BCUT2D eigenvalue weighted by molar-refractivity contribution is 0.133. The molecule has 96 valence electrons. The van der Waals surface area contributed by atoms with E-state index in [-0.39, 0.29) is 0 Å². The van der Waals surface area contributed by atoms with Gasteiger partial charge in [-0.3, -0.25) is 0 Å². The fourth-order valence-electron chi connectivity index (χ4n) is 1.70. The lowest BCUT2D eigenvalue weighted by Crippen LogP contribution is -2.20. The van der Waals surface area contributed by atoms with Gasteiger partial charge in [-0.2, -0.15) is 0 Å². The molecule has 0 aliphatic rings. The molecule has 0 spiro atoms. The van der Waals surface area contributed by atoms with Crippen molar-refractivity contribution in [1.29, 1.82) is 0 Å². The molecule has 17 heavy (non-hydrogen) atoms. The Balaban J connectivity index is 1.85. The van der Waals surface area contributed by atoms with Crippen LogP contribution in [0.15, 0.2) is 30.3 Å².